The van der Waals surface area contributed by atoms with Crippen LogP contribution in [0, 0.1) is 17.0 Å². The largest absolute Gasteiger partial charge is 0.392 e. The molecule has 2 rings (SSSR count). The van der Waals surface area contributed by atoms with Crippen LogP contribution in [0.4, 0.5) is 5.69 Å². The summed E-state index contributed by atoms with van der Waals surface area (Å²) in [7, 11) is 1.80. The lowest BCUT2D eigenvalue weighted by atomic mass is 10.2. The van der Waals surface area contributed by atoms with Gasteiger partial charge in [0.2, 0.25) is 0 Å². The number of rotatable bonds is 4. The van der Waals surface area contributed by atoms with E-state index in [1.165, 1.54) is 17.8 Å². The maximum absolute atomic E-state index is 11.0. The number of aliphatic hydroxyl groups excluding tert-OH is 1. The molecule has 0 atom stereocenters. The van der Waals surface area contributed by atoms with E-state index in [-0.39, 0.29) is 12.3 Å². The molecule has 0 unspecified atom stereocenters. The number of nitrogens with zero attached hydrogens (tertiary/aromatic N) is 4. The van der Waals surface area contributed by atoms with Gasteiger partial charge in [0.05, 0.1) is 16.4 Å². The van der Waals surface area contributed by atoms with E-state index in [2.05, 4.69) is 10.2 Å². The van der Waals surface area contributed by atoms with Crippen LogP contribution in [0.25, 0.3) is 0 Å². The van der Waals surface area contributed by atoms with Gasteiger partial charge in [-0.2, -0.15) is 0 Å². The zero-order valence-corrected chi connectivity index (χ0v) is 11.2. The van der Waals surface area contributed by atoms with Gasteiger partial charge in [0.15, 0.2) is 5.16 Å². The standard InChI is InChI=1S/C11H12N4O3S/c1-7-12-13-11(14(7)2)19-10-4-3-8(6-16)5-9(10)15(17)18/h3-5,16H,6H2,1-2H3. The van der Waals surface area contributed by atoms with E-state index >= 15 is 0 Å². The van der Waals surface area contributed by atoms with E-state index in [1.54, 1.807) is 30.7 Å². The molecule has 0 aliphatic carbocycles. The second kappa shape index (κ2) is 5.37. The van der Waals surface area contributed by atoms with E-state index in [4.69, 9.17) is 5.11 Å². The van der Waals surface area contributed by atoms with Gasteiger partial charge in [-0.1, -0.05) is 6.07 Å². The normalized spacial score (nSPS) is 10.7. The molecule has 100 valence electrons. The van der Waals surface area contributed by atoms with Crippen LogP contribution in [-0.2, 0) is 13.7 Å². The molecule has 7 nitrogen and oxygen atoms in total. The molecule has 0 spiro atoms. The molecule has 8 heteroatoms. The molecule has 0 aliphatic heterocycles. The number of hydrogen-bond acceptors (Lipinski definition) is 6. The average molecular weight is 280 g/mol. The highest BCUT2D eigenvalue weighted by Gasteiger charge is 2.18. The Bertz CT molecular complexity index is 626. The quantitative estimate of drug-likeness (QED) is 0.676. The number of benzene rings is 1. The van der Waals surface area contributed by atoms with E-state index < -0.39 is 4.92 Å². The Kier molecular flexibility index (Phi) is 3.82. The fourth-order valence-electron chi connectivity index (χ4n) is 1.47. The molecule has 0 aliphatic rings. The summed E-state index contributed by atoms with van der Waals surface area (Å²) in [5.74, 6) is 0.733. The van der Waals surface area contributed by atoms with Gasteiger partial charge in [-0.05, 0) is 30.3 Å². The van der Waals surface area contributed by atoms with Crippen LogP contribution < -0.4 is 0 Å². The molecule has 0 bridgehead atoms. The van der Waals surface area contributed by atoms with Gasteiger partial charge in [0, 0.05) is 13.1 Å². The first kappa shape index (κ1) is 13.5. The summed E-state index contributed by atoms with van der Waals surface area (Å²) in [6.45, 7) is 1.58. The zero-order chi connectivity index (χ0) is 14.0. The lowest BCUT2D eigenvalue weighted by Crippen LogP contribution is -1.96. The fourth-order valence-corrected chi connectivity index (χ4v) is 2.39. The Morgan fingerprint density at radius 2 is 2.21 bits per heavy atom. The predicted molar refractivity (Wildman–Crippen MR) is 68.9 cm³/mol. The number of nitro benzene ring substituents is 1. The molecule has 0 fully saturated rings. The highest BCUT2D eigenvalue weighted by molar-refractivity contribution is 7.99. The Balaban J connectivity index is 2.39. The molecule has 0 radical (unpaired) electrons. The van der Waals surface area contributed by atoms with Gasteiger partial charge in [-0.3, -0.25) is 10.1 Å². The monoisotopic (exact) mass is 280 g/mol. The second-order valence-corrected chi connectivity index (χ2v) is 4.92. The van der Waals surface area contributed by atoms with Crippen LogP contribution in [0.5, 0.6) is 0 Å². The van der Waals surface area contributed by atoms with Crippen molar-refractivity contribution in [3.05, 3.63) is 39.7 Å². The lowest BCUT2D eigenvalue weighted by Gasteiger charge is -2.04. The summed E-state index contributed by atoms with van der Waals surface area (Å²) in [6, 6.07) is 4.63. The average Bonchev–Trinajstić information content (AvgIpc) is 2.71. The molecule has 1 aromatic carbocycles. The third kappa shape index (κ3) is 2.74. The van der Waals surface area contributed by atoms with Gasteiger partial charge in [-0.25, -0.2) is 0 Å². The zero-order valence-electron chi connectivity index (χ0n) is 10.4. The highest BCUT2D eigenvalue weighted by atomic mass is 32.2. The van der Waals surface area contributed by atoms with Crippen LogP contribution >= 0.6 is 11.8 Å². The van der Waals surface area contributed by atoms with Crippen molar-refractivity contribution in [3.63, 3.8) is 0 Å². The number of hydrogen-bond donors (Lipinski definition) is 1. The predicted octanol–water partition coefficient (Wildman–Crippen LogP) is 1.68. The Morgan fingerprint density at radius 1 is 1.47 bits per heavy atom. The van der Waals surface area contributed by atoms with Crippen molar-refractivity contribution in [2.45, 2.75) is 23.6 Å². The Morgan fingerprint density at radius 3 is 2.74 bits per heavy atom. The molecule has 0 saturated heterocycles. The smallest absolute Gasteiger partial charge is 0.283 e. The summed E-state index contributed by atoms with van der Waals surface area (Å²) < 4.78 is 1.76. The third-order valence-electron chi connectivity index (χ3n) is 2.66. The number of aryl methyl sites for hydroxylation is 1. The van der Waals surface area contributed by atoms with Crippen molar-refractivity contribution in [1.82, 2.24) is 14.8 Å². The van der Waals surface area contributed by atoms with Crippen LogP contribution in [-0.4, -0.2) is 24.8 Å². The summed E-state index contributed by atoms with van der Waals surface area (Å²) in [5, 5.41) is 28.5. The van der Waals surface area contributed by atoms with Gasteiger partial charge >= 0.3 is 0 Å². The van der Waals surface area contributed by atoms with Crippen LogP contribution in [0.3, 0.4) is 0 Å². The van der Waals surface area contributed by atoms with E-state index in [1.807, 2.05) is 0 Å². The maximum atomic E-state index is 11.0. The molecular formula is C11H12N4O3S. The molecule has 0 amide bonds. The Labute approximate surface area is 113 Å². The molecule has 0 saturated carbocycles. The van der Waals surface area contributed by atoms with Gasteiger partial charge < -0.3 is 9.67 Å². The molecule has 1 N–H and O–H groups in total. The van der Waals surface area contributed by atoms with Crippen molar-refractivity contribution in [2.75, 3.05) is 0 Å². The van der Waals surface area contributed by atoms with Gasteiger partial charge in [0.1, 0.15) is 5.82 Å². The summed E-state index contributed by atoms with van der Waals surface area (Å²) in [5.41, 5.74) is 0.461. The molecule has 19 heavy (non-hydrogen) atoms. The lowest BCUT2D eigenvalue weighted by molar-refractivity contribution is -0.387. The highest BCUT2D eigenvalue weighted by Crippen LogP contribution is 2.34. The minimum absolute atomic E-state index is 0.0443. The second-order valence-electron chi connectivity index (χ2n) is 3.91. The Hall–Kier alpha value is -1.93. The minimum atomic E-state index is -0.468. The van der Waals surface area contributed by atoms with Gasteiger partial charge in [-0.15, -0.1) is 10.2 Å². The van der Waals surface area contributed by atoms with Crippen LogP contribution in [0.2, 0.25) is 0 Å². The van der Waals surface area contributed by atoms with E-state index in [0.717, 1.165) is 5.82 Å². The minimum Gasteiger partial charge on any atom is -0.392 e. The number of aromatic nitrogens is 3. The van der Waals surface area contributed by atoms with E-state index in [9.17, 15) is 10.1 Å². The van der Waals surface area contributed by atoms with Gasteiger partial charge in [0.25, 0.3) is 5.69 Å². The first-order valence-electron chi connectivity index (χ1n) is 5.45. The molecule has 1 heterocycles. The number of aliphatic hydroxyl groups is 1. The maximum Gasteiger partial charge on any atom is 0.283 e. The molecular weight excluding hydrogens is 268 g/mol. The molecule has 1 aromatic heterocycles. The van der Waals surface area contributed by atoms with Crippen molar-refractivity contribution in [3.8, 4) is 0 Å². The SMILES string of the molecule is Cc1nnc(Sc2ccc(CO)cc2[N+](=O)[O-])n1C. The van der Waals surface area contributed by atoms with E-state index in [0.29, 0.717) is 15.6 Å². The van der Waals surface area contributed by atoms with Crippen molar-refractivity contribution < 1.29 is 10.0 Å². The summed E-state index contributed by atoms with van der Waals surface area (Å²) in [6.07, 6.45) is 0. The summed E-state index contributed by atoms with van der Waals surface area (Å²) >= 11 is 1.18. The van der Waals surface area contributed by atoms with Crippen LogP contribution in [0.15, 0.2) is 28.3 Å². The molecule has 2 aromatic rings. The topological polar surface area (TPSA) is 94.1 Å². The van der Waals surface area contributed by atoms with Crippen molar-refractivity contribution in [2.24, 2.45) is 7.05 Å². The first-order chi connectivity index (χ1) is 9.02. The fraction of sp³-hybridized carbons (Fsp3) is 0.273. The van der Waals surface area contributed by atoms with Crippen molar-refractivity contribution in [1.29, 1.82) is 0 Å². The van der Waals surface area contributed by atoms with Crippen molar-refractivity contribution >= 4 is 17.4 Å². The van der Waals surface area contributed by atoms with Crippen LogP contribution in [0.1, 0.15) is 11.4 Å². The third-order valence-corrected chi connectivity index (χ3v) is 3.76. The number of nitro groups is 1. The summed E-state index contributed by atoms with van der Waals surface area (Å²) in [4.78, 5) is 11.0. The first-order valence-corrected chi connectivity index (χ1v) is 6.26.